The van der Waals surface area contributed by atoms with Gasteiger partial charge in [0.2, 0.25) is 0 Å². The molecule has 2 bridgehead atoms. The monoisotopic (exact) mass is 439 g/mol. The molecule has 5 heterocycles. The zero-order valence-electron chi connectivity index (χ0n) is 16.2. The summed E-state index contributed by atoms with van der Waals surface area (Å²) in [4.78, 5) is 0. The van der Waals surface area contributed by atoms with Gasteiger partial charge in [-0.1, -0.05) is 30.3 Å². The molecule has 3 aromatic heterocycles. The second kappa shape index (κ2) is 7.30. The third kappa shape index (κ3) is 3.25. The molecule has 1 aromatic carbocycles. The maximum absolute atomic E-state index is 8.49. The second-order valence-corrected chi connectivity index (χ2v) is 8.40. The van der Waals surface area contributed by atoms with Crippen LogP contribution in [0.25, 0.3) is 0 Å². The number of H-pyrrole nitrogens is 1. The minimum atomic E-state index is -4.94. The van der Waals surface area contributed by atoms with Crippen LogP contribution in [-0.4, -0.2) is 10.2 Å². The molecule has 31 heavy (non-hydrogen) atoms. The van der Waals surface area contributed by atoms with Gasteiger partial charge in [0, 0.05) is 41.6 Å². The molecule has 0 amide bonds. The van der Waals surface area contributed by atoms with Crippen molar-refractivity contribution in [1.29, 1.82) is 0 Å². The Balaban J connectivity index is 0.000000371. The molecule has 0 radical (unpaired) electrons. The maximum Gasteiger partial charge on any atom is 0.190 e. The van der Waals surface area contributed by atoms with Crippen LogP contribution in [0.15, 0.2) is 83.9 Å². The summed E-state index contributed by atoms with van der Waals surface area (Å²) in [6.07, 6.45) is 8.73. The number of halogens is 1. The van der Waals surface area contributed by atoms with Crippen LogP contribution in [0.1, 0.15) is 46.5 Å². The van der Waals surface area contributed by atoms with Crippen LogP contribution < -0.4 is 23.2 Å². The van der Waals surface area contributed by atoms with E-state index in [2.05, 4.69) is 75.6 Å². The molecule has 3 aliphatic rings. The van der Waals surface area contributed by atoms with E-state index in [0.29, 0.717) is 6.04 Å². The molecule has 3 atom stereocenters. The van der Waals surface area contributed by atoms with Gasteiger partial charge in [-0.3, -0.25) is 5.10 Å². The molecule has 1 aliphatic carbocycles. The second-order valence-electron chi connectivity index (χ2n) is 7.65. The third-order valence-corrected chi connectivity index (χ3v) is 6.25. The Morgan fingerprint density at radius 1 is 1.00 bits per heavy atom. The van der Waals surface area contributed by atoms with Crippen LogP contribution in [0.2, 0.25) is 0 Å². The topological polar surface area (TPSA) is 138 Å². The van der Waals surface area contributed by atoms with Gasteiger partial charge in [-0.15, -0.1) is 10.2 Å². The highest BCUT2D eigenvalue weighted by Gasteiger charge is 2.60. The van der Waals surface area contributed by atoms with Crippen LogP contribution in [-0.2, 0) is 5.41 Å². The molecule has 0 fully saturated rings. The van der Waals surface area contributed by atoms with Gasteiger partial charge < -0.3 is 4.42 Å². The Bertz CT molecular complexity index is 1100. The lowest BCUT2D eigenvalue weighted by molar-refractivity contribution is -2.00. The molecule has 0 saturated carbocycles. The molecule has 9 heteroatoms. The van der Waals surface area contributed by atoms with Gasteiger partial charge in [-0.05, 0) is 17.7 Å². The van der Waals surface area contributed by atoms with Crippen molar-refractivity contribution in [2.45, 2.75) is 23.8 Å². The summed E-state index contributed by atoms with van der Waals surface area (Å²) in [6, 6.07) is 19.9. The van der Waals surface area contributed by atoms with E-state index in [1.807, 2.05) is 12.5 Å². The quantitative estimate of drug-likeness (QED) is 0.396. The average Bonchev–Trinajstić information content (AvgIpc) is 3.47. The standard InChI is InChI=1S/C22H18N3O.ClHO4/c1-2-6-17-16(5-1)19-13-22(15-9-12-26-14-15,20-8-10-23-24-20)21(17)18-7-3-4-11-25(18)19;2-1(3,4)5/h1-12,14,19,21H,13H2,(H,23,24);(H,2,3,4,5)/q+1;/p-1. The predicted octanol–water partition coefficient (Wildman–Crippen LogP) is -1.04. The first-order chi connectivity index (χ1) is 14.9. The average molecular weight is 440 g/mol. The van der Waals surface area contributed by atoms with E-state index in [4.69, 9.17) is 23.1 Å². The van der Waals surface area contributed by atoms with Crippen molar-refractivity contribution < 1.29 is 37.9 Å². The number of pyridine rings is 1. The Labute approximate surface area is 179 Å². The molecule has 2 aliphatic heterocycles. The largest absolute Gasteiger partial charge is 0.472 e. The number of nitrogens with one attached hydrogen (secondary N) is 1. The van der Waals surface area contributed by atoms with Crippen LogP contribution >= 0.6 is 0 Å². The Morgan fingerprint density at radius 3 is 2.42 bits per heavy atom. The number of aromatic amines is 1. The summed E-state index contributed by atoms with van der Waals surface area (Å²) in [5.74, 6) is 0.211. The summed E-state index contributed by atoms with van der Waals surface area (Å²) in [6.45, 7) is 0. The lowest BCUT2D eigenvalue weighted by Gasteiger charge is -2.48. The van der Waals surface area contributed by atoms with Crippen molar-refractivity contribution in [2.24, 2.45) is 0 Å². The van der Waals surface area contributed by atoms with Gasteiger partial charge in [0.25, 0.3) is 0 Å². The fraction of sp³-hybridized carbons (Fsp3) is 0.182. The molecular weight excluding hydrogens is 422 g/mol. The van der Waals surface area contributed by atoms with Crippen molar-refractivity contribution in [2.75, 3.05) is 0 Å². The molecule has 0 saturated heterocycles. The number of furan rings is 1. The molecule has 1 N–H and O–H groups in total. The van der Waals surface area contributed by atoms with Crippen molar-refractivity contribution in [3.05, 3.63) is 108 Å². The van der Waals surface area contributed by atoms with Crippen molar-refractivity contribution in [3.8, 4) is 0 Å². The first kappa shape index (κ1) is 19.9. The van der Waals surface area contributed by atoms with Crippen LogP contribution in [0.3, 0.4) is 0 Å². The van der Waals surface area contributed by atoms with E-state index in [9.17, 15) is 0 Å². The van der Waals surface area contributed by atoms with Crippen LogP contribution in [0, 0.1) is 10.2 Å². The Hall–Kier alpha value is -3.01. The van der Waals surface area contributed by atoms with E-state index < -0.39 is 10.2 Å². The molecule has 4 aromatic rings. The van der Waals surface area contributed by atoms with E-state index >= 15 is 0 Å². The van der Waals surface area contributed by atoms with E-state index in [0.717, 1.165) is 12.1 Å². The molecule has 3 unspecified atom stereocenters. The zero-order chi connectivity index (χ0) is 21.6. The van der Waals surface area contributed by atoms with Crippen LogP contribution in [0.4, 0.5) is 0 Å². The van der Waals surface area contributed by atoms with Gasteiger partial charge in [-0.25, -0.2) is 18.6 Å². The minimum absolute atomic E-state index is 0.204. The van der Waals surface area contributed by atoms with Crippen molar-refractivity contribution in [1.82, 2.24) is 10.2 Å². The number of fused-ring (bicyclic) bond motifs is 1. The third-order valence-electron chi connectivity index (χ3n) is 6.25. The number of benzene rings is 1. The summed E-state index contributed by atoms with van der Waals surface area (Å²) in [5, 5.41) is 7.57. The highest BCUT2D eigenvalue weighted by atomic mass is 35.7. The lowest BCUT2D eigenvalue weighted by atomic mass is 9.55. The van der Waals surface area contributed by atoms with Gasteiger partial charge in [0.1, 0.15) is 0 Å². The summed E-state index contributed by atoms with van der Waals surface area (Å²) in [5.41, 5.74) is 6.34. The van der Waals surface area contributed by atoms with Gasteiger partial charge in [-0.2, -0.15) is 9.67 Å². The number of hydrogen-bond donors (Lipinski definition) is 1. The highest BCUT2D eigenvalue weighted by molar-refractivity contribution is 5.52. The van der Waals surface area contributed by atoms with Crippen LogP contribution in [0.5, 0.6) is 0 Å². The number of aromatic nitrogens is 3. The Kier molecular flexibility index (Phi) is 4.69. The molecular formula is C22H18ClN3O5. The fourth-order valence-electron chi connectivity index (χ4n) is 5.26. The normalized spacial score (nSPS) is 23.5. The van der Waals surface area contributed by atoms with Crippen molar-refractivity contribution in [3.63, 3.8) is 0 Å². The van der Waals surface area contributed by atoms with Gasteiger partial charge in [0.05, 0.1) is 23.9 Å². The summed E-state index contributed by atoms with van der Waals surface area (Å²) >= 11 is 0. The van der Waals surface area contributed by atoms with Crippen molar-refractivity contribution >= 4 is 0 Å². The number of hydrogen-bond acceptors (Lipinski definition) is 6. The van der Waals surface area contributed by atoms with E-state index in [-0.39, 0.29) is 11.3 Å². The maximum atomic E-state index is 8.49. The smallest absolute Gasteiger partial charge is 0.190 e. The first-order valence-electron chi connectivity index (χ1n) is 9.63. The van der Waals surface area contributed by atoms with Gasteiger partial charge >= 0.3 is 0 Å². The first-order valence-corrected chi connectivity index (χ1v) is 10.9. The summed E-state index contributed by atoms with van der Waals surface area (Å²) in [7, 11) is -4.94. The zero-order valence-corrected chi connectivity index (χ0v) is 16.9. The predicted molar refractivity (Wildman–Crippen MR) is 95.8 cm³/mol. The molecule has 8 nitrogen and oxygen atoms in total. The summed E-state index contributed by atoms with van der Waals surface area (Å²) < 4.78 is 42.0. The van der Waals surface area contributed by atoms with E-state index in [1.165, 1.54) is 22.4 Å². The number of rotatable bonds is 2. The minimum Gasteiger partial charge on any atom is -0.472 e. The molecule has 7 rings (SSSR count). The van der Waals surface area contributed by atoms with E-state index in [1.54, 1.807) is 6.26 Å². The molecule has 0 spiro atoms. The number of nitrogens with zero attached hydrogens (tertiary/aromatic N) is 2. The SMILES string of the molecule is [O-][Cl+3]([O-])([O-])[O-].c1ccc2c(c1)C1CC(c3ccoc3)(c3ccn[nH]3)C2c2cccc[n+]21. The van der Waals surface area contributed by atoms with Gasteiger partial charge in [0.15, 0.2) is 17.9 Å². The highest BCUT2D eigenvalue weighted by Crippen LogP contribution is 2.58. The fourth-order valence-corrected chi connectivity index (χ4v) is 5.26. The lowest BCUT2D eigenvalue weighted by Crippen LogP contribution is -2.68. The molecule has 158 valence electrons. The Morgan fingerprint density at radius 2 is 1.74 bits per heavy atom.